The summed E-state index contributed by atoms with van der Waals surface area (Å²) in [5.74, 6) is -0.488. The predicted molar refractivity (Wildman–Crippen MR) is 130 cm³/mol. The van der Waals surface area contributed by atoms with E-state index in [1.807, 2.05) is 33.8 Å². The maximum absolute atomic E-state index is 13.2. The number of likely N-dealkylation sites (tertiary alicyclic amines) is 1. The monoisotopic (exact) mass is 467 g/mol. The summed E-state index contributed by atoms with van der Waals surface area (Å²) in [6.45, 7) is 8.44. The Kier molecular flexibility index (Phi) is 7.99. The molecule has 1 fully saturated rings. The zero-order valence-electron chi connectivity index (χ0n) is 20.7. The fourth-order valence-corrected chi connectivity index (χ4v) is 4.34. The smallest absolute Gasteiger partial charge is 0.295 e. The molecule has 0 spiro atoms. The van der Waals surface area contributed by atoms with E-state index < -0.39 is 17.7 Å². The standard InChI is InChI=1S/C27H33NO6/c1-16(2)34-13-7-12-28-23(19-8-10-20(32-5)11-9-19)22(25(30)27(28)31)24(29)21-15-17(3)14-18(4)26(21)33-6/h8-11,14-16,23,29H,7,12-13H2,1-6H3/b24-22+. The second kappa shape index (κ2) is 10.7. The van der Waals surface area contributed by atoms with Crippen LogP contribution >= 0.6 is 0 Å². The first-order valence-corrected chi connectivity index (χ1v) is 11.4. The summed E-state index contributed by atoms with van der Waals surface area (Å²) >= 11 is 0. The van der Waals surface area contributed by atoms with E-state index in [1.165, 1.54) is 12.0 Å². The zero-order chi connectivity index (χ0) is 25.0. The summed E-state index contributed by atoms with van der Waals surface area (Å²) < 4.78 is 16.4. The van der Waals surface area contributed by atoms with Crippen LogP contribution < -0.4 is 9.47 Å². The number of carbonyl (C=O) groups is 2. The number of aliphatic hydroxyl groups excluding tert-OH is 1. The van der Waals surface area contributed by atoms with Crippen molar-refractivity contribution in [1.29, 1.82) is 0 Å². The van der Waals surface area contributed by atoms with Crippen LogP contribution in [0.1, 0.15) is 48.6 Å². The number of carbonyl (C=O) groups excluding carboxylic acids is 2. The van der Waals surface area contributed by atoms with Gasteiger partial charge in [-0.3, -0.25) is 9.59 Å². The van der Waals surface area contributed by atoms with Gasteiger partial charge in [0.15, 0.2) is 0 Å². The Balaban J connectivity index is 2.13. The van der Waals surface area contributed by atoms with Crippen molar-refractivity contribution in [3.05, 3.63) is 64.2 Å². The van der Waals surface area contributed by atoms with Crippen LogP contribution in [0, 0.1) is 13.8 Å². The van der Waals surface area contributed by atoms with Gasteiger partial charge in [-0.25, -0.2) is 0 Å². The van der Waals surface area contributed by atoms with E-state index >= 15 is 0 Å². The molecule has 1 atom stereocenters. The number of benzene rings is 2. The fourth-order valence-electron chi connectivity index (χ4n) is 4.34. The molecule has 1 saturated heterocycles. The van der Waals surface area contributed by atoms with Gasteiger partial charge in [0, 0.05) is 13.2 Å². The average Bonchev–Trinajstić information content (AvgIpc) is 3.05. The molecule has 3 rings (SSSR count). The zero-order valence-corrected chi connectivity index (χ0v) is 20.7. The Bertz CT molecular complexity index is 1090. The van der Waals surface area contributed by atoms with Gasteiger partial charge < -0.3 is 24.2 Å². The third kappa shape index (κ3) is 5.09. The number of Topliss-reactive ketones (excluding diaryl/α,β-unsaturated/α-hetero) is 1. The SMILES string of the molecule is COc1ccc(C2/C(=C(\O)c3cc(C)cc(C)c3OC)C(=O)C(=O)N2CCCOC(C)C)cc1. The van der Waals surface area contributed by atoms with Crippen molar-refractivity contribution in [3.8, 4) is 11.5 Å². The highest BCUT2D eigenvalue weighted by molar-refractivity contribution is 6.46. The summed E-state index contributed by atoms with van der Waals surface area (Å²) in [5, 5.41) is 11.4. The third-order valence-electron chi connectivity index (χ3n) is 5.84. The van der Waals surface area contributed by atoms with Gasteiger partial charge in [0.05, 0.1) is 37.5 Å². The fraction of sp³-hybridized carbons (Fsp3) is 0.407. The van der Waals surface area contributed by atoms with E-state index in [1.54, 1.807) is 37.4 Å². The number of hydrogen-bond acceptors (Lipinski definition) is 6. The molecule has 1 heterocycles. The molecule has 2 aromatic rings. The molecule has 2 aromatic carbocycles. The van der Waals surface area contributed by atoms with Crippen molar-refractivity contribution in [2.75, 3.05) is 27.4 Å². The topological polar surface area (TPSA) is 85.3 Å². The summed E-state index contributed by atoms with van der Waals surface area (Å²) in [6, 6.07) is 10.1. The van der Waals surface area contributed by atoms with E-state index in [0.717, 1.165) is 11.1 Å². The van der Waals surface area contributed by atoms with Crippen molar-refractivity contribution in [1.82, 2.24) is 4.90 Å². The first-order valence-electron chi connectivity index (χ1n) is 11.4. The van der Waals surface area contributed by atoms with Crippen LogP contribution in [0.4, 0.5) is 0 Å². The van der Waals surface area contributed by atoms with Gasteiger partial charge in [-0.15, -0.1) is 0 Å². The molecule has 0 aliphatic carbocycles. The van der Waals surface area contributed by atoms with E-state index in [2.05, 4.69) is 0 Å². The number of hydrogen-bond donors (Lipinski definition) is 1. The van der Waals surface area contributed by atoms with Crippen molar-refractivity contribution in [2.45, 2.75) is 46.3 Å². The molecule has 7 heteroatoms. The molecule has 1 amide bonds. The van der Waals surface area contributed by atoms with E-state index in [4.69, 9.17) is 14.2 Å². The number of rotatable bonds is 9. The van der Waals surface area contributed by atoms with Crippen LogP contribution in [0.15, 0.2) is 42.0 Å². The summed E-state index contributed by atoms with van der Waals surface area (Å²) in [5.41, 5.74) is 2.86. The molecule has 1 aliphatic rings. The minimum atomic E-state index is -0.740. The molecule has 1 N–H and O–H groups in total. The highest BCUT2D eigenvalue weighted by Crippen LogP contribution is 2.42. The van der Waals surface area contributed by atoms with Crippen molar-refractivity contribution in [3.63, 3.8) is 0 Å². The van der Waals surface area contributed by atoms with Crippen LogP contribution in [0.5, 0.6) is 11.5 Å². The summed E-state index contributed by atoms with van der Waals surface area (Å²) in [4.78, 5) is 27.9. The van der Waals surface area contributed by atoms with Gasteiger partial charge >= 0.3 is 0 Å². The third-order valence-corrected chi connectivity index (χ3v) is 5.84. The van der Waals surface area contributed by atoms with Gasteiger partial charge in [0.25, 0.3) is 11.7 Å². The minimum Gasteiger partial charge on any atom is -0.507 e. The highest BCUT2D eigenvalue weighted by Gasteiger charge is 2.46. The average molecular weight is 468 g/mol. The Morgan fingerprint density at radius 1 is 1.06 bits per heavy atom. The van der Waals surface area contributed by atoms with Gasteiger partial charge in [-0.05, 0) is 69.0 Å². The maximum Gasteiger partial charge on any atom is 0.295 e. The van der Waals surface area contributed by atoms with E-state index in [9.17, 15) is 14.7 Å². The van der Waals surface area contributed by atoms with Crippen molar-refractivity contribution in [2.24, 2.45) is 0 Å². The Morgan fingerprint density at radius 3 is 2.32 bits per heavy atom. The Labute approximate surface area is 200 Å². The lowest BCUT2D eigenvalue weighted by atomic mass is 9.93. The lowest BCUT2D eigenvalue weighted by Gasteiger charge is -2.26. The van der Waals surface area contributed by atoms with Gasteiger partial charge in [-0.2, -0.15) is 0 Å². The van der Waals surface area contributed by atoms with Crippen molar-refractivity contribution < 1.29 is 28.9 Å². The first kappa shape index (κ1) is 25.3. The predicted octanol–water partition coefficient (Wildman–Crippen LogP) is 4.56. The van der Waals surface area contributed by atoms with E-state index in [0.29, 0.717) is 42.2 Å². The maximum atomic E-state index is 13.2. The van der Waals surface area contributed by atoms with Crippen LogP contribution in [0.25, 0.3) is 5.76 Å². The molecular weight excluding hydrogens is 434 g/mol. The second-order valence-electron chi connectivity index (χ2n) is 8.70. The molecule has 0 saturated carbocycles. The molecule has 1 unspecified atom stereocenters. The number of nitrogens with zero attached hydrogens (tertiary/aromatic N) is 1. The van der Waals surface area contributed by atoms with Crippen LogP contribution in [0.3, 0.4) is 0 Å². The first-order chi connectivity index (χ1) is 16.2. The number of methoxy groups -OCH3 is 2. The second-order valence-corrected chi connectivity index (χ2v) is 8.70. The summed E-state index contributed by atoms with van der Waals surface area (Å²) in [7, 11) is 3.09. The van der Waals surface area contributed by atoms with Crippen LogP contribution in [-0.4, -0.2) is 55.2 Å². The molecule has 0 aromatic heterocycles. The molecule has 34 heavy (non-hydrogen) atoms. The minimum absolute atomic E-state index is 0.0447. The van der Waals surface area contributed by atoms with Gasteiger partial charge in [0.2, 0.25) is 0 Å². The Morgan fingerprint density at radius 2 is 1.74 bits per heavy atom. The molecule has 0 radical (unpaired) electrons. The molecular formula is C27H33NO6. The van der Waals surface area contributed by atoms with Crippen LogP contribution in [0.2, 0.25) is 0 Å². The summed E-state index contributed by atoms with van der Waals surface area (Å²) in [6.07, 6.45) is 0.634. The molecule has 0 bridgehead atoms. The highest BCUT2D eigenvalue weighted by atomic mass is 16.5. The van der Waals surface area contributed by atoms with E-state index in [-0.39, 0.29) is 17.4 Å². The normalized spacial score (nSPS) is 17.5. The number of aliphatic hydroxyl groups is 1. The molecule has 1 aliphatic heterocycles. The number of ether oxygens (including phenoxy) is 3. The number of amides is 1. The lowest BCUT2D eigenvalue weighted by molar-refractivity contribution is -0.140. The largest absolute Gasteiger partial charge is 0.507 e. The number of ketones is 1. The van der Waals surface area contributed by atoms with Gasteiger partial charge in [-0.1, -0.05) is 18.2 Å². The molecule has 7 nitrogen and oxygen atoms in total. The Hall–Kier alpha value is -3.32. The van der Waals surface area contributed by atoms with Crippen LogP contribution in [-0.2, 0) is 14.3 Å². The quantitative estimate of drug-likeness (QED) is 0.252. The number of aryl methyl sites for hydroxylation is 2. The van der Waals surface area contributed by atoms with Gasteiger partial charge in [0.1, 0.15) is 17.3 Å². The van der Waals surface area contributed by atoms with Crippen molar-refractivity contribution >= 4 is 17.4 Å². The molecule has 182 valence electrons. The lowest BCUT2D eigenvalue weighted by Crippen LogP contribution is -2.31.